The molecule has 0 bridgehead atoms. The van der Waals surface area contributed by atoms with Crippen LogP contribution in [0, 0.1) is 6.92 Å². The highest BCUT2D eigenvalue weighted by molar-refractivity contribution is 6.43. The summed E-state index contributed by atoms with van der Waals surface area (Å²) in [5, 5.41) is 27.5. The van der Waals surface area contributed by atoms with Crippen molar-refractivity contribution in [1.82, 2.24) is 9.55 Å². The molecule has 4 N–H and O–H groups in total. The van der Waals surface area contributed by atoms with Crippen molar-refractivity contribution >= 4 is 7.12 Å². The van der Waals surface area contributed by atoms with Crippen molar-refractivity contribution in [3.05, 3.63) is 32.6 Å². The van der Waals surface area contributed by atoms with Gasteiger partial charge in [0.05, 0.1) is 12.7 Å². The molecule has 104 valence electrons. The van der Waals surface area contributed by atoms with Crippen LogP contribution in [0.2, 0.25) is 5.82 Å². The zero-order chi connectivity index (χ0) is 14.2. The molecule has 0 aromatic carbocycles. The molecule has 0 spiro atoms. The standard InChI is InChI=1S/C10H15BN2O6/c1-5-3-13(10(16)12-9(5)15)8-2-6(11(17)18)7(4-14)19-8/h3,6-8,14,17-18H,2,4H2,1H3,(H,12,15,16)/t6-,7+,8-/m0/s1. The van der Waals surface area contributed by atoms with Crippen LogP contribution in [0.25, 0.3) is 0 Å². The average Bonchev–Trinajstić information content (AvgIpc) is 2.77. The van der Waals surface area contributed by atoms with Crippen molar-refractivity contribution in [3.63, 3.8) is 0 Å². The molecule has 2 rings (SSSR count). The van der Waals surface area contributed by atoms with E-state index >= 15 is 0 Å². The monoisotopic (exact) mass is 270 g/mol. The van der Waals surface area contributed by atoms with Crippen LogP contribution in [0.1, 0.15) is 18.2 Å². The van der Waals surface area contributed by atoms with Gasteiger partial charge in [-0.1, -0.05) is 0 Å². The first-order valence-electron chi connectivity index (χ1n) is 5.88. The smallest absolute Gasteiger partial charge is 0.427 e. The Hall–Kier alpha value is -1.42. The molecule has 0 radical (unpaired) electrons. The number of nitrogens with one attached hydrogen (secondary N) is 1. The highest BCUT2D eigenvalue weighted by Gasteiger charge is 2.42. The lowest BCUT2D eigenvalue weighted by Gasteiger charge is -2.15. The van der Waals surface area contributed by atoms with Gasteiger partial charge < -0.3 is 19.9 Å². The summed E-state index contributed by atoms with van der Waals surface area (Å²) < 4.78 is 6.60. The van der Waals surface area contributed by atoms with E-state index in [0.29, 0.717) is 5.56 Å². The van der Waals surface area contributed by atoms with Crippen LogP contribution in [0.5, 0.6) is 0 Å². The minimum Gasteiger partial charge on any atom is -0.427 e. The van der Waals surface area contributed by atoms with E-state index in [0.717, 1.165) is 0 Å². The van der Waals surface area contributed by atoms with Crippen LogP contribution >= 0.6 is 0 Å². The molecule has 0 amide bonds. The molecule has 9 heteroatoms. The predicted octanol–water partition coefficient (Wildman–Crippen LogP) is -2.03. The van der Waals surface area contributed by atoms with Crippen molar-refractivity contribution in [2.24, 2.45) is 0 Å². The quantitative estimate of drug-likeness (QED) is 0.469. The molecule has 1 saturated heterocycles. The van der Waals surface area contributed by atoms with Gasteiger partial charge in [-0.15, -0.1) is 0 Å². The second kappa shape index (κ2) is 5.29. The number of rotatable bonds is 3. The van der Waals surface area contributed by atoms with E-state index in [4.69, 9.17) is 9.84 Å². The lowest BCUT2D eigenvalue weighted by molar-refractivity contribution is -0.0258. The molecule has 3 atom stereocenters. The number of hydrogen-bond acceptors (Lipinski definition) is 6. The first-order valence-corrected chi connectivity index (χ1v) is 5.88. The molecule has 0 aliphatic carbocycles. The minimum atomic E-state index is -1.64. The van der Waals surface area contributed by atoms with Crippen molar-refractivity contribution < 1.29 is 19.9 Å². The fourth-order valence-electron chi connectivity index (χ4n) is 2.21. The Kier molecular flexibility index (Phi) is 3.90. The van der Waals surface area contributed by atoms with E-state index in [1.807, 2.05) is 0 Å². The normalized spacial score (nSPS) is 26.6. The van der Waals surface area contributed by atoms with Gasteiger partial charge in [-0.05, 0) is 13.3 Å². The highest BCUT2D eigenvalue weighted by atomic mass is 16.5. The van der Waals surface area contributed by atoms with Crippen molar-refractivity contribution in [2.45, 2.75) is 31.5 Å². The number of aryl methyl sites for hydroxylation is 1. The molecule has 1 aliphatic rings. The largest absolute Gasteiger partial charge is 0.457 e. The summed E-state index contributed by atoms with van der Waals surface area (Å²) in [5.74, 6) is -0.686. The van der Waals surface area contributed by atoms with Gasteiger partial charge in [0.15, 0.2) is 0 Å². The third-order valence-electron chi connectivity index (χ3n) is 3.30. The van der Waals surface area contributed by atoms with Gasteiger partial charge in [0.2, 0.25) is 0 Å². The van der Waals surface area contributed by atoms with Crippen LogP contribution < -0.4 is 11.2 Å². The summed E-state index contributed by atoms with van der Waals surface area (Å²) in [7, 11) is -1.64. The summed E-state index contributed by atoms with van der Waals surface area (Å²) in [6.07, 6.45) is 0.0110. The van der Waals surface area contributed by atoms with Crippen LogP contribution in [-0.4, -0.2) is 44.5 Å². The zero-order valence-electron chi connectivity index (χ0n) is 10.3. The van der Waals surface area contributed by atoms with Gasteiger partial charge in [0.1, 0.15) is 6.23 Å². The second-order valence-corrected chi connectivity index (χ2v) is 4.60. The molecule has 2 heterocycles. The van der Waals surface area contributed by atoms with Crippen molar-refractivity contribution in [3.8, 4) is 0 Å². The molecule has 1 aliphatic heterocycles. The Morgan fingerprint density at radius 2 is 2.21 bits per heavy atom. The molecular formula is C10H15BN2O6. The molecule has 0 saturated carbocycles. The maximum Gasteiger partial charge on any atom is 0.457 e. The van der Waals surface area contributed by atoms with E-state index in [1.54, 1.807) is 6.92 Å². The Morgan fingerprint density at radius 3 is 2.74 bits per heavy atom. The maximum absolute atomic E-state index is 11.7. The van der Waals surface area contributed by atoms with Crippen LogP contribution in [0.4, 0.5) is 0 Å². The predicted molar refractivity (Wildman–Crippen MR) is 65.6 cm³/mol. The first-order chi connectivity index (χ1) is 8.93. The lowest BCUT2D eigenvalue weighted by atomic mass is 9.69. The Labute approximate surface area is 108 Å². The van der Waals surface area contributed by atoms with Crippen LogP contribution in [0.15, 0.2) is 15.8 Å². The van der Waals surface area contributed by atoms with Gasteiger partial charge in [-0.2, -0.15) is 0 Å². The first kappa shape index (κ1) is 14.0. The number of hydrogen-bond donors (Lipinski definition) is 4. The lowest BCUT2D eigenvalue weighted by Crippen LogP contribution is -2.33. The molecule has 1 aromatic rings. The number of aliphatic hydroxyl groups excluding tert-OH is 1. The minimum absolute atomic E-state index is 0.161. The number of aliphatic hydroxyl groups is 1. The van der Waals surface area contributed by atoms with Crippen LogP contribution in [0.3, 0.4) is 0 Å². The summed E-state index contributed by atoms with van der Waals surface area (Å²) in [6.45, 7) is 1.17. The van der Waals surface area contributed by atoms with Crippen molar-refractivity contribution in [2.75, 3.05) is 6.61 Å². The van der Waals surface area contributed by atoms with E-state index in [9.17, 15) is 19.6 Å². The number of ether oxygens (including phenoxy) is 1. The Morgan fingerprint density at radius 1 is 1.53 bits per heavy atom. The summed E-state index contributed by atoms with van der Waals surface area (Å²) in [6, 6.07) is 0. The van der Waals surface area contributed by atoms with Gasteiger partial charge in [0.25, 0.3) is 5.56 Å². The topological polar surface area (TPSA) is 125 Å². The zero-order valence-corrected chi connectivity index (χ0v) is 10.3. The number of aromatic nitrogens is 2. The highest BCUT2D eigenvalue weighted by Crippen LogP contribution is 2.37. The van der Waals surface area contributed by atoms with E-state index in [1.165, 1.54) is 10.8 Å². The summed E-state index contributed by atoms with van der Waals surface area (Å²) in [4.78, 5) is 25.1. The molecule has 1 fully saturated rings. The van der Waals surface area contributed by atoms with E-state index < -0.39 is 36.5 Å². The Balaban J connectivity index is 2.32. The fraction of sp³-hybridized carbons (Fsp3) is 0.600. The van der Waals surface area contributed by atoms with Gasteiger partial charge in [0, 0.05) is 17.6 Å². The number of H-pyrrole nitrogens is 1. The molecule has 0 unspecified atom stereocenters. The van der Waals surface area contributed by atoms with E-state index in [2.05, 4.69) is 4.98 Å². The summed E-state index contributed by atoms with van der Waals surface area (Å²) >= 11 is 0. The Bertz CT molecular complexity index is 568. The SMILES string of the molecule is Cc1cn([C@@H]2C[C@H](B(O)O)[C@@H](CO)O2)c(=O)[nH]c1=O. The third kappa shape index (κ3) is 2.64. The number of nitrogens with zero attached hydrogens (tertiary/aromatic N) is 1. The van der Waals surface area contributed by atoms with E-state index in [-0.39, 0.29) is 13.0 Å². The maximum atomic E-state index is 11.7. The van der Waals surface area contributed by atoms with Crippen LogP contribution in [-0.2, 0) is 4.74 Å². The van der Waals surface area contributed by atoms with Gasteiger partial charge in [-0.25, -0.2) is 4.79 Å². The average molecular weight is 270 g/mol. The molecule has 1 aromatic heterocycles. The third-order valence-corrected chi connectivity index (χ3v) is 3.30. The van der Waals surface area contributed by atoms with Gasteiger partial charge in [-0.3, -0.25) is 14.3 Å². The molecule has 8 nitrogen and oxygen atoms in total. The fourth-order valence-corrected chi connectivity index (χ4v) is 2.21. The van der Waals surface area contributed by atoms with Gasteiger partial charge >= 0.3 is 12.8 Å². The molecular weight excluding hydrogens is 255 g/mol. The van der Waals surface area contributed by atoms with Crippen molar-refractivity contribution in [1.29, 1.82) is 0 Å². The molecule has 19 heavy (non-hydrogen) atoms. The number of aromatic amines is 1. The summed E-state index contributed by atoms with van der Waals surface area (Å²) in [5.41, 5.74) is -0.765. The second-order valence-electron chi connectivity index (χ2n) is 4.60.